The fraction of sp³-hybridized carbons (Fsp3) is 0.462. The molecule has 0 bridgehead atoms. The first-order valence-electron chi connectivity index (χ1n) is 11.0. The molecular formula is C26H31NO4. The van der Waals surface area contributed by atoms with E-state index in [-0.39, 0.29) is 23.2 Å². The van der Waals surface area contributed by atoms with Crippen LogP contribution >= 0.6 is 0 Å². The molecule has 0 saturated heterocycles. The summed E-state index contributed by atoms with van der Waals surface area (Å²) in [6.07, 6.45) is 4.65. The van der Waals surface area contributed by atoms with E-state index in [4.69, 9.17) is 9.47 Å². The molecule has 164 valence electrons. The smallest absolute Gasteiger partial charge is 0.311 e. The average Bonchev–Trinajstić information content (AvgIpc) is 2.78. The van der Waals surface area contributed by atoms with Crippen LogP contribution in [0.2, 0.25) is 0 Å². The van der Waals surface area contributed by atoms with E-state index in [1.165, 1.54) is 18.2 Å². The molecule has 0 aliphatic heterocycles. The van der Waals surface area contributed by atoms with Gasteiger partial charge in [-0.15, -0.1) is 0 Å². The summed E-state index contributed by atoms with van der Waals surface area (Å²) in [6, 6.07) is 13.3. The maximum Gasteiger partial charge on any atom is 0.311 e. The number of esters is 1. The quantitative estimate of drug-likeness (QED) is 0.695. The Morgan fingerprint density at radius 3 is 2.48 bits per heavy atom. The molecule has 2 aromatic carbocycles. The van der Waals surface area contributed by atoms with Gasteiger partial charge >= 0.3 is 5.97 Å². The fourth-order valence-corrected chi connectivity index (χ4v) is 6.02. The predicted molar refractivity (Wildman–Crippen MR) is 121 cm³/mol. The second-order valence-electron chi connectivity index (χ2n) is 9.30. The summed E-state index contributed by atoms with van der Waals surface area (Å²) in [4.78, 5) is 25.5. The van der Waals surface area contributed by atoms with Gasteiger partial charge in [0.05, 0.1) is 25.3 Å². The first kappa shape index (κ1) is 21.4. The first-order chi connectivity index (χ1) is 14.8. The Kier molecular flexibility index (Phi) is 5.54. The van der Waals surface area contributed by atoms with Gasteiger partial charge < -0.3 is 14.8 Å². The van der Waals surface area contributed by atoms with Crippen LogP contribution in [0.25, 0.3) is 0 Å². The van der Waals surface area contributed by atoms with Crippen LogP contribution < -0.4 is 10.1 Å². The number of aryl methyl sites for hydroxylation is 1. The number of hydrogen-bond acceptors (Lipinski definition) is 4. The van der Waals surface area contributed by atoms with Gasteiger partial charge in [-0.1, -0.05) is 31.5 Å². The van der Waals surface area contributed by atoms with Gasteiger partial charge in [-0.2, -0.15) is 0 Å². The normalized spacial score (nSPS) is 26.9. The standard InChI is InChI=1S/C26H31NO4/c1-25-13-8-14-26(2,24(29)31-4)22(25)12-11-18-15-20(21(30-3)16-19(18)25)27-23(28)17-9-6-5-7-10-17/h5-7,9-10,15-16,22H,8,11-14H2,1-4H3,(H,27,28)/t22-,25-,26+/m1/s1. The Hall–Kier alpha value is -2.82. The lowest BCUT2D eigenvalue weighted by Gasteiger charge is -2.54. The van der Waals surface area contributed by atoms with Crippen molar-refractivity contribution in [2.45, 2.75) is 51.4 Å². The summed E-state index contributed by atoms with van der Waals surface area (Å²) in [6.45, 7) is 4.34. The van der Waals surface area contributed by atoms with Crippen molar-refractivity contribution in [3.05, 3.63) is 59.2 Å². The van der Waals surface area contributed by atoms with Crippen molar-refractivity contribution in [3.63, 3.8) is 0 Å². The van der Waals surface area contributed by atoms with Gasteiger partial charge in [0.2, 0.25) is 0 Å². The van der Waals surface area contributed by atoms with E-state index in [0.29, 0.717) is 17.0 Å². The summed E-state index contributed by atoms with van der Waals surface area (Å²) in [5, 5.41) is 3.02. The van der Waals surface area contributed by atoms with Crippen molar-refractivity contribution in [1.82, 2.24) is 0 Å². The minimum atomic E-state index is -0.479. The molecule has 0 heterocycles. The molecule has 1 N–H and O–H groups in total. The third-order valence-corrected chi connectivity index (χ3v) is 7.61. The monoisotopic (exact) mass is 421 g/mol. The Labute approximate surface area is 184 Å². The van der Waals surface area contributed by atoms with Gasteiger partial charge in [-0.25, -0.2) is 0 Å². The van der Waals surface area contributed by atoms with E-state index in [2.05, 4.69) is 31.3 Å². The third-order valence-electron chi connectivity index (χ3n) is 7.61. The summed E-state index contributed by atoms with van der Waals surface area (Å²) in [5.74, 6) is 0.596. The molecule has 4 rings (SSSR count). The van der Waals surface area contributed by atoms with E-state index >= 15 is 0 Å². The number of anilines is 1. The van der Waals surface area contributed by atoms with Crippen LogP contribution in [0.3, 0.4) is 0 Å². The Morgan fingerprint density at radius 2 is 1.81 bits per heavy atom. The van der Waals surface area contributed by atoms with Gasteiger partial charge in [0.15, 0.2) is 0 Å². The molecule has 5 nitrogen and oxygen atoms in total. The number of ether oxygens (including phenoxy) is 2. The average molecular weight is 422 g/mol. The fourth-order valence-electron chi connectivity index (χ4n) is 6.02. The van der Waals surface area contributed by atoms with Crippen molar-refractivity contribution in [1.29, 1.82) is 0 Å². The molecule has 0 aromatic heterocycles. The first-order valence-corrected chi connectivity index (χ1v) is 11.0. The van der Waals surface area contributed by atoms with Crippen LogP contribution in [0.5, 0.6) is 5.75 Å². The van der Waals surface area contributed by atoms with E-state index < -0.39 is 5.41 Å². The molecule has 3 atom stereocenters. The Morgan fingerprint density at radius 1 is 1.06 bits per heavy atom. The highest BCUT2D eigenvalue weighted by Gasteiger charge is 2.55. The van der Waals surface area contributed by atoms with Crippen LogP contribution in [0.15, 0.2) is 42.5 Å². The van der Waals surface area contributed by atoms with Crippen molar-refractivity contribution in [3.8, 4) is 5.75 Å². The molecule has 31 heavy (non-hydrogen) atoms. The molecule has 1 amide bonds. The molecule has 2 aromatic rings. The summed E-state index contributed by atoms with van der Waals surface area (Å²) < 4.78 is 10.9. The van der Waals surface area contributed by atoms with E-state index in [1.54, 1.807) is 19.2 Å². The van der Waals surface area contributed by atoms with Gasteiger partial charge in [-0.3, -0.25) is 9.59 Å². The zero-order valence-corrected chi connectivity index (χ0v) is 18.8. The maximum atomic E-state index is 12.7. The maximum absolute atomic E-state index is 12.7. The van der Waals surface area contributed by atoms with E-state index in [0.717, 1.165) is 32.1 Å². The van der Waals surface area contributed by atoms with Gasteiger partial charge in [0.25, 0.3) is 5.91 Å². The zero-order valence-electron chi connectivity index (χ0n) is 18.8. The topological polar surface area (TPSA) is 64.6 Å². The van der Waals surface area contributed by atoms with E-state index in [9.17, 15) is 9.59 Å². The lowest BCUT2D eigenvalue weighted by molar-refractivity contribution is -0.161. The summed E-state index contributed by atoms with van der Waals surface area (Å²) >= 11 is 0. The van der Waals surface area contributed by atoms with Crippen LogP contribution in [0, 0.1) is 11.3 Å². The van der Waals surface area contributed by atoms with Gasteiger partial charge in [0.1, 0.15) is 5.75 Å². The largest absolute Gasteiger partial charge is 0.495 e. The van der Waals surface area contributed by atoms with E-state index in [1.807, 2.05) is 18.2 Å². The van der Waals surface area contributed by atoms with Crippen molar-refractivity contribution >= 4 is 17.6 Å². The van der Waals surface area contributed by atoms with Crippen LogP contribution in [0.1, 0.15) is 61.0 Å². The molecule has 5 heteroatoms. The third kappa shape index (κ3) is 3.50. The number of nitrogens with one attached hydrogen (secondary N) is 1. The molecule has 2 aliphatic rings. The molecular weight excluding hydrogens is 390 g/mol. The lowest BCUT2D eigenvalue weighted by atomic mass is 9.50. The van der Waals surface area contributed by atoms with Crippen LogP contribution in [-0.2, 0) is 21.4 Å². The molecule has 1 saturated carbocycles. The van der Waals surface area contributed by atoms with Crippen molar-refractivity contribution in [2.24, 2.45) is 11.3 Å². The molecule has 2 aliphatic carbocycles. The highest BCUT2D eigenvalue weighted by atomic mass is 16.5. The molecule has 1 fully saturated rings. The Balaban J connectivity index is 1.72. The number of methoxy groups -OCH3 is 2. The Bertz CT molecular complexity index is 1000. The minimum absolute atomic E-state index is 0.106. The minimum Gasteiger partial charge on any atom is -0.495 e. The number of rotatable bonds is 4. The van der Waals surface area contributed by atoms with Crippen molar-refractivity contribution in [2.75, 3.05) is 19.5 Å². The van der Waals surface area contributed by atoms with Crippen molar-refractivity contribution < 1.29 is 19.1 Å². The second-order valence-corrected chi connectivity index (χ2v) is 9.30. The lowest BCUT2D eigenvalue weighted by Crippen LogP contribution is -2.52. The highest BCUT2D eigenvalue weighted by Crippen LogP contribution is 2.58. The number of hydrogen-bond donors (Lipinski definition) is 1. The van der Waals surface area contributed by atoms with Gasteiger partial charge in [-0.05, 0) is 79.3 Å². The number of fused-ring (bicyclic) bond motifs is 3. The van der Waals surface area contributed by atoms with Crippen LogP contribution in [0.4, 0.5) is 5.69 Å². The SMILES string of the molecule is COC(=O)[C@@]1(C)CCC[C@]2(C)c3cc(OC)c(NC(=O)c4ccccc4)cc3CC[C@@H]12. The van der Waals surface area contributed by atoms with Gasteiger partial charge in [0, 0.05) is 5.56 Å². The number of benzene rings is 2. The highest BCUT2D eigenvalue weighted by molar-refractivity contribution is 6.05. The zero-order chi connectivity index (χ0) is 22.2. The summed E-state index contributed by atoms with van der Waals surface area (Å²) in [7, 11) is 3.11. The number of carbonyl (C=O) groups excluding carboxylic acids is 2. The molecule has 0 unspecified atom stereocenters. The number of carbonyl (C=O) groups is 2. The van der Waals surface area contributed by atoms with Crippen LogP contribution in [-0.4, -0.2) is 26.1 Å². The second kappa shape index (κ2) is 8.03. The molecule has 0 spiro atoms. The number of amides is 1. The molecule has 0 radical (unpaired) electrons. The predicted octanol–water partition coefficient (Wildman–Crippen LogP) is 5.13. The summed E-state index contributed by atoms with van der Waals surface area (Å²) in [5.41, 5.74) is 3.13.